The lowest BCUT2D eigenvalue weighted by atomic mass is 9.96. The second-order valence-electron chi connectivity index (χ2n) is 6.51. The highest BCUT2D eigenvalue weighted by Gasteiger charge is 2.42. The van der Waals surface area contributed by atoms with Gasteiger partial charge >= 0.3 is 12.1 Å². The van der Waals surface area contributed by atoms with Gasteiger partial charge in [-0.25, -0.2) is 9.59 Å². The van der Waals surface area contributed by atoms with Gasteiger partial charge in [-0.3, -0.25) is 4.90 Å². The minimum atomic E-state index is -0.595. The summed E-state index contributed by atoms with van der Waals surface area (Å²) in [6.07, 6.45) is 0.0805. The largest absolute Gasteiger partial charge is 0.467 e. The highest BCUT2D eigenvalue weighted by molar-refractivity contribution is 5.82. The topological polar surface area (TPSA) is 55.8 Å². The van der Waals surface area contributed by atoms with E-state index in [2.05, 4.69) is 0 Å². The van der Waals surface area contributed by atoms with Gasteiger partial charge in [-0.2, -0.15) is 0 Å². The lowest BCUT2D eigenvalue weighted by molar-refractivity contribution is -0.145. The van der Waals surface area contributed by atoms with Crippen LogP contribution in [0.1, 0.15) is 38.7 Å². The molecule has 1 amide bonds. The fourth-order valence-corrected chi connectivity index (χ4v) is 2.68. The third kappa shape index (κ3) is 3.78. The Bertz CT molecular complexity index is 535. The first kappa shape index (κ1) is 16.3. The number of methoxy groups -OCH3 is 1. The number of carbonyl (C=O) groups is 2. The number of rotatable bonds is 2. The Balaban J connectivity index is 2.19. The summed E-state index contributed by atoms with van der Waals surface area (Å²) in [7, 11) is 1.34. The molecule has 22 heavy (non-hydrogen) atoms. The Morgan fingerprint density at radius 2 is 1.82 bits per heavy atom. The Morgan fingerprint density at radius 1 is 1.18 bits per heavy atom. The zero-order valence-corrected chi connectivity index (χ0v) is 13.5. The van der Waals surface area contributed by atoms with Crippen molar-refractivity contribution in [3.05, 3.63) is 35.9 Å². The fraction of sp³-hybridized carbons (Fsp3) is 0.529. The normalized spacial score (nSPS) is 21.5. The van der Waals surface area contributed by atoms with Crippen LogP contribution in [0.25, 0.3) is 0 Å². The van der Waals surface area contributed by atoms with E-state index >= 15 is 0 Å². The fourth-order valence-electron chi connectivity index (χ4n) is 2.68. The molecule has 1 heterocycles. The summed E-state index contributed by atoms with van der Waals surface area (Å²) in [5, 5.41) is 0. The van der Waals surface area contributed by atoms with Crippen LogP contribution in [-0.4, -0.2) is 42.3 Å². The van der Waals surface area contributed by atoms with E-state index in [0.29, 0.717) is 13.0 Å². The molecule has 1 unspecified atom stereocenters. The molecule has 1 aromatic rings. The molecule has 1 saturated heterocycles. The number of esters is 1. The quantitative estimate of drug-likeness (QED) is 0.788. The zero-order valence-electron chi connectivity index (χ0n) is 13.5. The molecule has 5 heteroatoms. The van der Waals surface area contributed by atoms with Crippen LogP contribution < -0.4 is 0 Å². The predicted octanol–water partition coefficient (Wildman–Crippen LogP) is 2.95. The molecule has 0 saturated carbocycles. The lowest BCUT2D eigenvalue weighted by Gasteiger charge is -2.27. The molecule has 0 bridgehead atoms. The van der Waals surface area contributed by atoms with Gasteiger partial charge in [-0.1, -0.05) is 30.3 Å². The van der Waals surface area contributed by atoms with E-state index in [4.69, 9.17) is 9.47 Å². The summed E-state index contributed by atoms with van der Waals surface area (Å²) in [6, 6.07) is 9.29. The predicted molar refractivity (Wildman–Crippen MR) is 82.5 cm³/mol. The molecule has 0 aromatic heterocycles. The van der Waals surface area contributed by atoms with Gasteiger partial charge in [0, 0.05) is 12.5 Å². The van der Waals surface area contributed by atoms with Crippen molar-refractivity contribution in [2.75, 3.05) is 13.7 Å². The summed E-state index contributed by atoms with van der Waals surface area (Å²) >= 11 is 0. The van der Waals surface area contributed by atoms with Crippen molar-refractivity contribution in [1.29, 1.82) is 0 Å². The maximum Gasteiger partial charge on any atom is 0.411 e. The van der Waals surface area contributed by atoms with Crippen LogP contribution in [0.2, 0.25) is 0 Å². The molecule has 2 rings (SSSR count). The van der Waals surface area contributed by atoms with E-state index in [1.165, 1.54) is 12.0 Å². The molecular formula is C17H23NO4. The first-order chi connectivity index (χ1) is 10.3. The third-order valence-electron chi connectivity index (χ3n) is 3.67. The van der Waals surface area contributed by atoms with Crippen molar-refractivity contribution in [3.8, 4) is 0 Å². The van der Waals surface area contributed by atoms with Crippen LogP contribution >= 0.6 is 0 Å². The van der Waals surface area contributed by atoms with Gasteiger partial charge in [0.15, 0.2) is 0 Å². The van der Waals surface area contributed by atoms with Gasteiger partial charge in [0.1, 0.15) is 11.6 Å². The van der Waals surface area contributed by atoms with E-state index in [9.17, 15) is 9.59 Å². The van der Waals surface area contributed by atoms with Crippen LogP contribution in [0.5, 0.6) is 0 Å². The molecule has 1 fully saturated rings. The van der Waals surface area contributed by atoms with E-state index in [1.54, 1.807) is 0 Å². The Labute approximate surface area is 131 Å². The van der Waals surface area contributed by atoms with E-state index < -0.39 is 23.7 Å². The smallest absolute Gasteiger partial charge is 0.411 e. The van der Waals surface area contributed by atoms with Crippen LogP contribution in [0.15, 0.2) is 30.3 Å². The summed E-state index contributed by atoms with van der Waals surface area (Å²) in [4.78, 5) is 25.8. The van der Waals surface area contributed by atoms with E-state index in [-0.39, 0.29) is 5.92 Å². The van der Waals surface area contributed by atoms with Gasteiger partial charge in [0.2, 0.25) is 0 Å². The number of ether oxygens (including phenoxy) is 2. The van der Waals surface area contributed by atoms with Gasteiger partial charge in [-0.15, -0.1) is 0 Å². The minimum absolute atomic E-state index is 0.109. The Hall–Kier alpha value is -2.04. The summed E-state index contributed by atoms with van der Waals surface area (Å²) in [5.74, 6) is -0.290. The monoisotopic (exact) mass is 305 g/mol. The van der Waals surface area contributed by atoms with Gasteiger partial charge < -0.3 is 9.47 Å². The number of nitrogens with zero attached hydrogens (tertiary/aromatic N) is 1. The van der Waals surface area contributed by atoms with E-state index in [1.807, 2.05) is 51.1 Å². The Morgan fingerprint density at radius 3 is 2.36 bits per heavy atom. The number of hydrogen-bond acceptors (Lipinski definition) is 4. The van der Waals surface area contributed by atoms with Crippen LogP contribution in [0.4, 0.5) is 4.79 Å². The molecule has 1 aliphatic heterocycles. The average molecular weight is 305 g/mol. The van der Waals surface area contributed by atoms with Crippen molar-refractivity contribution in [2.24, 2.45) is 0 Å². The number of amides is 1. The standard InChI is InChI=1S/C17H23NO4/c1-17(2,3)22-16(20)18-11-13(10-14(18)15(19)21-4)12-8-6-5-7-9-12/h5-9,13-14H,10-11H2,1-4H3/t13-,14?/m1/s1. The number of likely N-dealkylation sites (tertiary alicyclic amines) is 1. The molecule has 0 aliphatic carbocycles. The van der Waals surface area contributed by atoms with Crippen LogP contribution in [0, 0.1) is 0 Å². The van der Waals surface area contributed by atoms with E-state index in [0.717, 1.165) is 5.56 Å². The molecule has 5 nitrogen and oxygen atoms in total. The summed E-state index contributed by atoms with van der Waals surface area (Å²) < 4.78 is 10.3. The molecule has 1 aliphatic rings. The minimum Gasteiger partial charge on any atom is -0.467 e. The van der Waals surface area contributed by atoms with Gasteiger partial charge in [-0.05, 0) is 32.8 Å². The molecule has 0 radical (unpaired) electrons. The molecule has 1 aromatic carbocycles. The van der Waals surface area contributed by atoms with Gasteiger partial charge in [0.05, 0.1) is 7.11 Å². The molecule has 0 spiro atoms. The second-order valence-corrected chi connectivity index (χ2v) is 6.51. The SMILES string of the molecule is COC(=O)C1C[C@@H](c2ccccc2)CN1C(=O)OC(C)(C)C. The second kappa shape index (κ2) is 6.38. The summed E-state index contributed by atoms with van der Waals surface area (Å²) in [6.45, 7) is 5.88. The number of benzene rings is 1. The molecule has 2 atom stereocenters. The van der Waals surface area contributed by atoms with Crippen molar-refractivity contribution in [2.45, 2.75) is 44.8 Å². The lowest BCUT2D eigenvalue weighted by Crippen LogP contribution is -2.43. The first-order valence-corrected chi connectivity index (χ1v) is 7.44. The van der Waals surface area contributed by atoms with Crippen LogP contribution in [0.3, 0.4) is 0 Å². The maximum absolute atomic E-state index is 12.4. The summed E-state index contributed by atoms with van der Waals surface area (Å²) in [5.41, 5.74) is 0.519. The molecule has 120 valence electrons. The van der Waals surface area contributed by atoms with Crippen molar-refractivity contribution < 1.29 is 19.1 Å². The maximum atomic E-state index is 12.4. The molecular weight excluding hydrogens is 282 g/mol. The van der Waals surface area contributed by atoms with Crippen LogP contribution in [-0.2, 0) is 14.3 Å². The molecule has 0 N–H and O–H groups in total. The number of hydrogen-bond donors (Lipinski definition) is 0. The van der Waals surface area contributed by atoms with Crippen molar-refractivity contribution >= 4 is 12.1 Å². The number of carbonyl (C=O) groups excluding carboxylic acids is 2. The highest BCUT2D eigenvalue weighted by atomic mass is 16.6. The first-order valence-electron chi connectivity index (χ1n) is 7.44. The van der Waals surface area contributed by atoms with Crippen molar-refractivity contribution in [1.82, 2.24) is 4.90 Å². The average Bonchev–Trinajstić information content (AvgIpc) is 2.91. The highest BCUT2D eigenvalue weighted by Crippen LogP contribution is 2.33. The van der Waals surface area contributed by atoms with Gasteiger partial charge in [0.25, 0.3) is 0 Å². The zero-order chi connectivity index (χ0) is 16.3. The third-order valence-corrected chi connectivity index (χ3v) is 3.67. The Kier molecular flexibility index (Phi) is 4.74. The van der Waals surface area contributed by atoms with Crippen molar-refractivity contribution in [3.63, 3.8) is 0 Å².